The minimum Gasteiger partial charge on any atom is -0.349 e. The van der Waals surface area contributed by atoms with Crippen LogP contribution in [0.15, 0.2) is 30.6 Å². The number of aromatic nitrogens is 2. The summed E-state index contributed by atoms with van der Waals surface area (Å²) < 4.78 is 0. The van der Waals surface area contributed by atoms with Gasteiger partial charge in [0.25, 0.3) is 0 Å². The van der Waals surface area contributed by atoms with Gasteiger partial charge < -0.3 is 20.4 Å². The zero-order valence-corrected chi connectivity index (χ0v) is 21.5. The highest BCUT2D eigenvalue weighted by atomic mass is 35.5. The summed E-state index contributed by atoms with van der Waals surface area (Å²) >= 11 is 6.12. The lowest BCUT2D eigenvalue weighted by Crippen LogP contribution is -2.56. The molecular formula is C26H33ClN6O2. The first kappa shape index (κ1) is 24.0. The van der Waals surface area contributed by atoms with Gasteiger partial charge in [0, 0.05) is 42.7 Å². The van der Waals surface area contributed by atoms with Gasteiger partial charge in [-0.25, -0.2) is 9.97 Å². The van der Waals surface area contributed by atoms with Crippen LogP contribution in [-0.2, 0) is 9.59 Å². The second-order valence-corrected chi connectivity index (χ2v) is 11.0. The first-order chi connectivity index (χ1) is 16.7. The molecule has 1 saturated carbocycles. The summed E-state index contributed by atoms with van der Waals surface area (Å²) in [4.78, 5) is 39.3. The van der Waals surface area contributed by atoms with Gasteiger partial charge in [0.05, 0.1) is 17.5 Å². The Morgan fingerprint density at radius 3 is 2.71 bits per heavy atom. The zero-order chi connectivity index (χ0) is 24.9. The molecule has 1 aromatic heterocycles. The van der Waals surface area contributed by atoms with E-state index in [0.717, 1.165) is 23.4 Å². The molecule has 2 amide bonds. The number of anilines is 2. The third-order valence-corrected chi connectivity index (χ3v) is 7.92. The van der Waals surface area contributed by atoms with Gasteiger partial charge in [-0.15, -0.1) is 0 Å². The molecule has 0 bridgehead atoms. The Labute approximate surface area is 211 Å². The number of halogens is 1. The quantitative estimate of drug-likeness (QED) is 0.635. The SMILES string of the molecule is CC(C)NC[C@@H](C(=O)N1CCN(c2ncnc3c2[C@H](C)CC(=O)N3)[C@H]2C[C@]21C)c1ccc(Cl)cc1. The van der Waals surface area contributed by atoms with Gasteiger partial charge >= 0.3 is 0 Å². The Kier molecular flexibility index (Phi) is 6.21. The maximum Gasteiger partial charge on any atom is 0.231 e. The Hall–Kier alpha value is -2.71. The van der Waals surface area contributed by atoms with Crippen molar-refractivity contribution in [3.8, 4) is 0 Å². The van der Waals surface area contributed by atoms with Crippen molar-refractivity contribution < 1.29 is 9.59 Å². The van der Waals surface area contributed by atoms with Gasteiger partial charge in [-0.1, -0.05) is 44.5 Å². The largest absolute Gasteiger partial charge is 0.349 e. The fourth-order valence-corrected chi connectivity index (χ4v) is 5.75. The Balaban J connectivity index is 1.39. The highest BCUT2D eigenvalue weighted by Crippen LogP contribution is 2.51. The van der Waals surface area contributed by atoms with E-state index in [2.05, 4.69) is 58.1 Å². The van der Waals surface area contributed by atoms with Crippen LogP contribution in [0.4, 0.5) is 11.6 Å². The molecule has 9 heteroatoms. The predicted octanol–water partition coefficient (Wildman–Crippen LogP) is 3.54. The topological polar surface area (TPSA) is 90.5 Å². The van der Waals surface area contributed by atoms with Gasteiger partial charge in [-0.05, 0) is 37.0 Å². The molecule has 4 atom stereocenters. The molecule has 2 aliphatic heterocycles. The molecule has 1 aromatic carbocycles. The van der Waals surface area contributed by atoms with E-state index in [1.54, 1.807) is 0 Å². The number of rotatable bonds is 6. The van der Waals surface area contributed by atoms with E-state index in [1.807, 2.05) is 24.3 Å². The van der Waals surface area contributed by atoms with Crippen LogP contribution in [0.25, 0.3) is 0 Å². The lowest BCUT2D eigenvalue weighted by Gasteiger charge is -2.42. The molecule has 3 aliphatic rings. The van der Waals surface area contributed by atoms with Crippen molar-refractivity contribution in [1.82, 2.24) is 20.2 Å². The number of hydrogen-bond donors (Lipinski definition) is 2. The van der Waals surface area contributed by atoms with Crippen molar-refractivity contribution in [2.24, 2.45) is 0 Å². The molecule has 0 radical (unpaired) electrons. The molecule has 5 rings (SSSR count). The predicted molar refractivity (Wildman–Crippen MR) is 137 cm³/mol. The Morgan fingerprint density at radius 1 is 1.26 bits per heavy atom. The lowest BCUT2D eigenvalue weighted by atomic mass is 9.93. The molecular weight excluding hydrogens is 464 g/mol. The van der Waals surface area contributed by atoms with Gasteiger partial charge in [0.1, 0.15) is 18.0 Å². The van der Waals surface area contributed by atoms with E-state index in [4.69, 9.17) is 11.6 Å². The van der Waals surface area contributed by atoms with Gasteiger partial charge in [-0.2, -0.15) is 0 Å². The Morgan fingerprint density at radius 2 is 2.00 bits per heavy atom. The molecule has 2 N–H and O–H groups in total. The van der Waals surface area contributed by atoms with Crippen molar-refractivity contribution in [3.63, 3.8) is 0 Å². The van der Waals surface area contributed by atoms with E-state index in [0.29, 0.717) is 36.9 Å². The van der Waals surface area contributed by atoms with Crippen LogP contribution in [0.2, 0.25) is 5.02 Å². The standard InChI is InChI=1S/C26H33ClN6O2/c1-15(2)28-13-19(17-5-7-18(27)8-6-17)25(35)33-10-9-32(20-12-26(20,33)4)24-22-16(3)11-21(34)31-23(22)29-14-30-24/h5-8,14-16,19-20,28H,9-13H2,1-4H3,(H,29,30,31,34)/t16-,19-,20+,26-/m1/s1. The number of amides is 2. The van der Waals surface area contributed by atoms with Crippen molar-refractivity contribution in [2.75, 3.05) is 29.9 Å². The average Bonchev–Trinajstić information content (AvgIpc) is 3.51. The fraction of sp³-hybridized carbons (Fsp3) is 0.538. The maximum atomic E-state index is 14.0. The van der Waals surface area contributed by atoms with Gasteiger partial charge in [0.2, 0.25) is 11.8 Å². The van der Waals surface area contributed by atoms with Crippen LogP contribution in [0.1, 0.15) is 63.5 Å². The third-order valence-electron chi connectivity index (χ3n) is 7.67. The molecule has 3 heterocycles. The summed E-state index contributed by atoms with van der Waals surface area (Å²) in [6.45, 7) is 10.3. The number of nitrogens with zero attached hydrogens (tertiary/aromatic N) is 4. The van der Waals surface area contributed by atoms with Gasteiger partial charge in [-0.3, -0.25) is 9.59 Å². The van der Waals surface area contributed by atoms with Crippen LogP contribution in [-0.4, -0.2) is 63.9 Å². The first-order valence-electron chi connectivity index (χ1n) is 12.4. The van der Waals surface area contributed by atoms with Crippen LogP contribution in [0.3, 0.4) is 0 Å². The summed E-state index contributed by atoms with van der Waals surface area (Å²) in [7, 11) is 0. The second-order valence-electron chi connectivity index (χ2n) is 10.5. The minimum atomic E-state index is -0.277. The zero-order valence-electron chi connectivity index (χ0n) is 20.7. The third kappa shape index (κ3) is 4.38. The summed E-state index contributed by atoms with van der Waals surface area (Å²) in [6.07, 6.45) is 2.85. The number of hydrogen-bond acceptors (Lipinski definition) is 6. The van der Waals surface area contributed by atoms with Crippen LogP contribution in [0, 0.1) is 0 Å². The lowest BCUT2D eigenvalue weighted by molar-refractivity contribution is -0.136. The van der Waals surface area contributed by atoms with E-state index in [1.165, 1.54) is 6.33 Å². The molecule has 0 unspecified atom stereocenters. The fourth-order valence-electron chi connectivity index (χ4n) is 5.62. The van der Waals surface area contributed by atoms with Crippen molar-refractivity contribution in [1.29, 1.82) is 0 Å². The van der Waals surface area contributed by atoms with E-state index in [-0.39, 0.29) is 41.3 Å². The summed E-state index contributed by atoms with van der Waals surface area (Å²) in [5.41, 5.74) is 1.73. The van der Waals surface area contributed by atoms with Crippen LogP contribution in [0.5, 0.6) is 0 Å². The Bertz CT molecular complexity index is 1140. The monoisotopic (exact) mass is 496 g/mol. The van der Waals surface area contributed by atoms with Gasteiger partial charge in [0.15, 0.2) is 0 Å². The summed E-state index contributed by atoms with van der Waals surface area (Å²) in [5.74, 6) is 1.42. The number of carbonyl (C=O) groups is 2. The van der Waals surface area contributed by atoms with Crippen molar-refractivity contribution >= 4 is 35.1 Å². The van der Waals surface area contributed by atoms with Crippen LogP contribution < -0.4 is 15.5 Å². The van der Waals surface area contributed by atoms with Crippen molar-refractivity contribution in [2.45, 2.75) is 70.0 Å². The number of fused-ring (bicyclic) bond motifs is 2. The molecule has 2 fully saturated rings. The van der Waals surface area contributed by atoms with Crippen LogP contribution >= 0.6 is 11.6 Å². The minimum absolute atomic E-state index is 0.00965. The molecule has 1 aliphatic carbocycles. The smallest absolute Gasteiger partial charge is 0.231 e. The number of piperazine rings is 1. The second kappa shape index (κ2) is 9.06. The number of nitrogens with one attached hydrogen (secondary N) is 2. The molecule has 35 heavy (non-hydrogen) atoms. The molecule has 186 valence electrons. The summed E-state index contributed by atoms with van der Waals surface area (Å²) in [6, 6.07) is 8.09. The van der Waals surface area contributed by atoms with E-state index in [9.17, 15) is 9.59 Å². The van der Waals surface area contributed by atoms with E-state index < -0.39 is 0 Å². The van der Waals surface area contributed by atoms with E-state index >= 15 is 0 Å². The highest BCUT2D eigenvalue weighted by Gasteiger charge is 2.62. The highest BCUT2D eigenvalue weighted by molar-refractivity contribution is 6.30. The average molecular weight is 497 g/mol. The summed E-state index contributed by atoms with van der Waals surface area (Å²) in [5, 5.41) is 7.02. The number of carbonyl (C=O) groups excluding carboxylic acids is 2. The maximum absolute atomic E-state index is 14.0. The molecule has 8 nitrogen and oxygen atoms in total. The molecule has 2 aromatic rings. The normalized spacial score (nSPS) is 26.2. The van der Waals surface area contributed by atoms with Crippen molar-refractivity contribution in [3.05, 3.63) is 46.7 Å². The number of benzene rings is 1. The first-order valence-corrected chi connectivity index (χ1v) is 12.8. The molecule has 0 spiro atoms. The molecule has 1 saturated heterocycles.